The van der Waals surface area contributed by atoms with Crippen molar-refractivity contribution in [3.8, 4) is 0 Å². The minimum absolute atomic E-state index is 0.274. The molecule has 0 unspecified atom stereocenters. The van der Waals surface area contributed by atoms with E-state index < -0.39 is 11.9 Å². The average Bonchev–Trinajstić information content (AvgIpc) is 3.11. The molecule has 7 heteroatoms. The van der Waals surface area contributed by atoms with Crippen LogP contribution in [0.5, 0.6) is 0 Å². The maximum atomic E-state index is 12.4. The molecule has 0 radical (unpaired) electrons. The molecule has 4 rings (SSSR count). The Hall–Kier alpha value is -4.00. The van der Waals surface area contributed by atoms with E-state index in [0.29, 0.717) is 5.56 Å². The summed E-state index contributed by atoms with van der Waals surface area (Å²) in [6.45, 7) is 0. The molecule has 2 N–H and O–H groups in total. The molecule has 0 aliphatic heterocycles. The predicted molar refractivity (Wildman–Crippen MR) is 106 cm³/mol. The minimum atomic E-state index is -0.408. The molecule has 2 aromatic carbocycles. The number of aromatic nitrogens is 2. The van der Waals surface area contributed by atoms with Gasteiger partial charge in [-0.3, -0.25) is 4.79 Å². The Bertz CT molecular complexity index is 1210. The number of hydrogen-bond donors (Lipinski definition) is 2. The molecule has 0 fully saturated rings. The molecule has 0 saturated heterocycles. The Labute approximate surface area is 160 Å². The van der Waals surface area contributed by atoms with Crippen molar-refractivity contribution in [3.63, 3.8) is 0 Å². The van der Waals surface area contributed by atoms with Crippen LogP contribution >= 0.6 is 0 Å². The lowest BCUT2D eigenvalue weighted by atomic mass is 10.1. The highest BCUT2D eigenvalue weighted by molar-refractivity contribution is 6.09. The summed E-state index contributed by atoms with van der Waals surface area (Å²) in [7, 11) is 1.33. The van der Waals surface area contributed by atoms with E-state index in [1.807, 2.05) is 24.3 Å². The van der Waals surface area contributed by atoms with Crippen LogP contribution in [0, 0.1) is 0 Å². The molecule has 0 atom stereocenters. The summed E-state index contributed by atoms with van der Waals surface area (Å²) in [6.07, 6.45) is 3.13. The minimum Gasteiger partial charge on any atom is -0.465 e. The van der Waals surface area contributed by atoms with Crippen molar-refractivity contribution in [1.29, 1.82) is 0 Å². The number of pyridine rings is 1. The SMILES string of the molecule is COC(=O)c1ccc(C=NNC(=O)c2cc3c(cn2)[nH]c2ccccc23)cc1. The maximum absolute atomic E-state index is 12.4. The van der Waals surface area contributed by atoms with Crippen molar-refractivity contribution < 1.29 is 14.3 Å². The molecule has 0 spiro atoms. The number of H-pyrrole nitrogens is 1. The molecule has 0 saturated carbocycles. The van der Waals surface area contributed by atoms with E-state index in [1.165, 1.54) is 13.3 Å². The Morgan fingerprint density at radius 1 is 1.07 bits per heavy atom. The Morgan fingerprint density at radius 3 is 2.64 bits per heavy atom. The van der Waals surface area contributed by atoms with Crippen molar-refractivity contribution >= 4 is 39.9 Å². The number of benzene rings is 2. The first-order chi connectivity index (χ1) is 13.7. The van der Waals surface area contributed by atoms with Crippen molar-refractivity contribution in [2.24, 2.45) is 5.10 Å². The number of aromatic amines is 1. The van der Waals surface area contributed by atoms with Gasteiger partial charge in [0.25, 0.3) is 5.91 Å². The lowest BCUT2D eigenvalue weighted by Crippen LogP contribution is -2.18. The number of hydrazone groups is 1. The molecule has 2 aromatic heterocycles. The fourth-order valence-corrected chi connectivity index (χ4v) is 2.92. The van der Waals surface area contributed by atoms with Crippen LogP contribution in [0.25, 0.3) is 21.8 Å². The summed E-state index contributed by atoms with van der Waals surface area (Å²) < 4.78 is 4.65. The van der Waals surface area contributed by atoms with Gasteiger partial charge in [-0.2, -0.15) is 5.10 Å². The lowest BCUT2D eigenvalue weighted by molar-refractivity contribution is 0.0600. The second-order valence-electron chi connectivity index (χ2n) is 6.10. The number of hydrogen-bond acceptors (Lipinski definition) is 5. The van der Waals surface area contributed by atoms with E-state index >= 15 is 0 Å². The van der Waals surface area contributed by atoms with Crippen LogP contribution in [0.4, 0.5) is 0 Å². The normalized spacial score (nSPS) is 11.2. The van der Waals surface area contributed by atoms with Crippen molar-refractivity contribution in [1.82, 2.24) is 15.4 Å². The number of ether oxygens (including phenoxy) is 1. The van der Waals surface area contributed by atoms with Gasteiger partial charge in [-0.25, -0.2) is 15.2 Å². The van der Waals surface area contributed by atoms with E-state index in [9.17, 15) is 9.59 Å². The van der Waals surface area contributed by atoms with Gasteiger partial charge in [0.05, 0.1) is 30.6 Å². The smallest absolute Gasteiger partial charge is 0.337 e. The molecule has 4 aromatic rings. The Balaban J connectivity index is 1.49. The third kappa shape index (κ3) is 3.33. The monoisotopic (exact) mass is 372 g/mol. The molecule has 0 aliphatic carbocycles. The number of carbonyl (C=O) groups is 2. The Morgan fingerprint density at radius 2 is 1.86 bits per heavy atom. The Kier molecular flexibility index (Phi) is 4.55. The molecule has 0 bridgehead atoms. The molecule has 7 nitrogen and oxygen atoms in total. The largest absolute Gasteiger partial charge is 0.465 e. The number of para-hydroxylation sites is 1. The topological polar surface area (TPSA) is 96.4 Å². The van der Waals surface area contributed by atoms with Crippen molar-refractivity contribution in [3.05, 3.63) is 77.6 Å². The van der Waals surface area contributed by atoms with Gasteiger partial charge >= 0.3 is 5.97 Å². The van der Waals surface area contributed by atoms with Gasteiger partial charge in [0.1, 0.15) is 5.69 Å². The summed E-state index contributed by atoms with van der Waals surface area (Å²) in [5.41, 5.74) is 5.77. The van der Waals surface area contributed by atoms with Crippen LogP contribution in [0.15, 0.2) is 65.9 Å². The highest BCUT2D eigenvalue weighted by Gasteiger charge is 2.10. The molecule has 1 amide bonds. The van der Waals surface area contributed by atoms with E-state index in [2.05, 4.69) is 25.2 Å². The fraction of sp³-hybridized carbons (Fsp3) is 0.0476. The van der Waals surface area contributed by atoms with Crippen LogP contribution in [-0.2, 0) is 4.74 Å². The van der Waals surface area contributed by atoms with Gasteiger partial charge in [-0.05, 0) is 29.8 Å². The van der Waals surface area contributed by atoms with Gasteiger partial charge < -0.3 is 9.72 Å². The first-order valence-corrected chi connectivity index (χ1v) is 8.54. The van der Waals surface area contributed by atoms with E-state index in [-0.39, 0.29) is 5.69 Å². The maximum Gasteiger partial charge on any atom is 0.337 e. The zero-order chi connectivity index (χ0) is 19.5. The highest BCUT2D eigenvalue weighted by Crippen LogP contribution is 2.24. The lowest BCUT2D eigenvalue weighted by Gasteiger charge is -2.01. The first kappa shape index (κ1) is 17.4. The van der Waals surface area contributed by atoms with Crippen LogP contribution in [0.1, 0.15) is 26.4 Å². The summed E-state index contributed by atoms with van der Waals surface area (Å²) >= 11 is 0. The second-order valence-corrected chi connectivity index (χ2v) is 6.10. The van der Waals surface area contributed by atoms with Crippen LogP contribution < -0.4 is 5.43 Å². The first-order valence-electron chi connectivity index (χ1n) is 8.54. The summed E-state index contributed by atoms with van der Waals surface area (Å²) in [5.74, 6) is -0.815. The third-order valence-electron chi connectivity index (χ3n) is 4.33. The van der Waals surface area contributed by atoms with Crippen LogP contribution in [0.3, 0.4) is 0 Å². The molecule has 138 valence electrons. The average molecular weight is 372 g/mol. The van der Waals surface area contributed by atoms with Crippen molar-refractivity contribution in [2.45, 2.75) is 0 Å². The predicted octanol–water partition coefficient (Wildman–Crippen LogP) is 3.27. The quantitative estimate of drug-likeness (QED) is 0.326. The number of esters is 1. The number of amides is 1. The molecule has 28 heavy (non-hydrogen) atoms. The number of nitrogens with zero attached hydrogens (tertiary/aromatic N) is 2. The van der Waals surface area contributed by atoms with E-state index in [0.717, 1.165) is 27.4 Å². The van der Waals surface area contributed by atoms with Gasteiger partial charge in [-0.15, -0.1) is 0 Å². The molecule has 2 heterocycles. The van der Waals surface area contributed by atoms with Crippen molar-refractivity contribution in [2.75, 3.05) is 7.11 Å². The van der Waals surface area contributed by atoms with E-state index in [4.69, 9.17) is 0 Å². The number of carbonyl (C=O) groups excluding carboxylic acids is 2. The van der Waals surface area contributed by atoms with E-state index in [1.54, 1.807) is 36.5 Å². The fourth-order valence-electron chi connectivity index (χ4n) is 2.92. The zero-order valence-corrected chi connectivity index (χ0v) is 15.0. The highest BCUT2D eigenvalue weighted by atomic mass is 16.5. The molecule has 0 aliphatic rings. The zero-order valence-electron chi connectivity index (χ0n) is 15.0. The van der Waals surface area contributed by atoms with Crippen LogP contribution in [0.2, 0.25) is 0 Å². The number of rotatable bonds is 4. The van der Waals surface area contributed by atoms with Gasteiger partial charge in [0, 0.05) is 16.3 Å². The summed E-state index contributed by atoms with van der Waals surface area (Å²) in [6, 6.07) is 16.3. The standard InChI is InChI=1S/C21H16N4O3/c1-28-21(27)14-8-6-13(7-9-14)11-23-25-20(26)18-10-16-15-4-2-3-5-17(15)24-19(16)12-22-18/h2-12,24H,1H3,(H,25,26). The third-order valence-corrected chi connectivity index (χ3v) is 4.33. The second kappa shape index (κ2) is 7.32. The molecular weight excluding hydrogens is 356 g/mol. The molecular formula is C21H16N4O3. The van der Waals surface area contributed by atoms with Gasteiger partial charge in [0.2, 0.25) is 0 Å². The van der Waals surface area contributed by atoms with Gasteiger partial charge in [0.15, 0.2) is 0 Å². The summed E-state index contributed by atoms with van der Waals surface area (Å²) in [5, 5.41) is 5.91. The number of fused-ring (bicyclic) bond motifs is 3. The number of nitrogens with one attached hydrogen (secondary N) is 2. The number of methoxy groups -OCH3 is 1. The van der Waals surface area contributed by atoms with Gasteiger partial charge in [-0.1, -0.05) is 30.3 Å². The van der Waals surface area contributed by atoms with Crippen LogP contribution in [-0.4, -0.2) is 35.2 Å². The summed E-state index contributed by atoms with van der Waals surface area (Å²) in [4.78, 5) is 31.2.